The van der Waals surface area contributed by atoms with Gasteiger partial charge >= 0.3 is 0 Å². The van der Waals surface area contributed by atoms with Gasteiger partial charge in [0.25, 0.3) is 0 Å². The Morgan fingerprint density at radius 1 is 1.44 bits per heavy atom. The fourth-order valence-corrected chi connectivity index (χ4v) is 1.72. The Bertz CT molecular complexity index is 350. The summed E-state index contributed by atoms with van der Waals surface area (Å²) >= 11 is 6.14. The molecule has 0 aromatic heterocycles. The Balaban J connectivity index is 1.96. The van der Waals surface area contributed by atoms with E-state index in [1.807, 2.05) is 18.2 Å². The van der Waals surface area contributed by atoms with Crippen molar-refractivity contribution >= 4 is 11.6 Å². The van der Waals surface area contributed by atoms with Gasteiger partial charge in [-0.15, -0.1) is 0 Å². The van der Waals surface area contributed by atoms with Gasteiger partial charge in [-0.2, -0.15) is 0 Å². The molecule has 0 aliphatic heterocycles. The van der Waals surface area contributed by atoms with Crippen molar-refractivity contribution in [1.82, 2.24) is 5.32 Å². The first kappa shape index (κ1) is 11.7. The predicted molar refractivity (Wildman–Crippen MR) is 67.1 cm³/mol. The molecule has 2 rings (SSSR count). The molecule has 0 atom stereocenters. The average molecular weight is 240 g/mol. The van der Waals surface area contributed by atoms with E-state index in [4.69, 9.17) is 16.3 Å². The van der Waals surface area contributed by atoms with E-state index in [1.54, 1.807) is 0 Å². The monoisotopic (exact) mass is 239 g/mol. The van der Waals surface area contributed by atoms with E-state index in [-0.39, 0.29) is 0 Å². The molecule has 0 unspecified atom stereocenters. The van der Waals surface area contributed by atoms with Crippen LogP contribution in [-0.2, 0) is 6.54 Å². The lowest BCUT2D eigenvalue weighted by molar-refractivity contribution is 0.317. The van der Waals surface area contributed by atoms with Crippen molar-refractivity contribution in [1.29, 1.82) is 0 Å². The van der Waals surface area contributed by atoms with Crippen LogP contribution in [0, 0.1) is 0 Å². The molecule has 0 bridgehead atoms. The van der Waals surface area contributed by atoms with Crippen molar-refractivity contribution in [3.63, 3.8) is 0 Å². The van der Waals surface area contributed by atoms with E-state index >= 15 is 0 Å². The van der Waals surface area contributed by atoms with Crippen LogP contribution in [0.5, 0.6) is 5.75 Å². The van der Waals surface area contributed by atoms with Crippen molar-refractivity contribution < 1.29 is 4.74 Å². The van der Waals surface area contributed by atoms with Crippen molar-refractivity contribution in [3.8, 4) is 5.75 Å². The van der Waals surface area contributed by atoms with E-state index in [0.717, 1.165) is 35.9 Å². The minimum atomic E-state index is 0.705. The Morgan fingerprint density at radius 2 is 2.25 bits per heavy atom. The number of hydrogen-bond donors (Lipinski definition) is 1. The summed E-state index contributed by atoms with van der Waals surface area (Å²) in [4.78, 5) is 0. The summed E-state index contributed by atoms with van der Waals surface area (Å²) in [6.07, 6.45) is 3.62. The first-order valence-corrected chi connectivity index (χ1v) is 6.32. The van der Waals surface area contributed by atoms with Crippen molar-refractivity contribution in [2.45, 2.75) is 38.8 Å². The third-order valence-corrected chi connectivity index (χ3v) is 3.02. The molecule has 3 heteroatoms. The van der Waals surface area contributed by atoms with Crippen LogP contribution < -0.4 is 10.1 Å². The summed E-state index contributed by atoms with van der Waals surface area (Å²) in [7, 11) is 0. The molecule has 0 spiro atoms. The maximum atomic E-state index is 6.14. The molecule has 1 aliphatic rings. The third-order valence-electron chi connectivity index (χ3n) is 2.65. The molecule has 0 saturated heterocycles. The van der Waals surface area contributed by atoms with Gasteiger partial charge in [0.05, 0.1) is 6.61 Å². The smallest absolute Gasteiger partial charge is 0.119 e. The summed E-state index contributed by atoms with van der Waals surface area (Å²) in [6.45, 7) is 3.70. The summed E-state index contributed by atoms with van der Waals surface area (Å²) in [5, 5.41) is 4.27. The Hall–Kier alpha value is -0.730. The highest BCUT2D eigenvalue weighted by molar-refractivity contribution is 6.31. The van der Waals surface area contributed by atoms with Gasteiger partial charge in [-0.25, -0.2) is 0 Å². The Morgan fingerprint density at radius 3 is 2.94 bits per heavy atom. The van der Waals surface area contributed by atoms with Gasteiger partial charge in [-0.05, 0) is 43.0 Å². The van der Waals surface area contributed by atoms with Crippen LogP contribution >= 0.6 is 11.6 Å². The molecule has 88 valence electrons. The van der Waals surface area contributed by atoms with E-state index in [1.165, 1.54) is 12.8 Å². The number of benzene rings is 1. The maximum absolute atomic E-state index is 6.14. The summed E-state index contributed by atoms with van der Waals surface area (Å²) in [6, 6.07) is 6.58. The zero-order valence-electron chi connectivity index (χ0n) is 9.63. The molecular formula is C13H18ClNO. The standard InChI is InChI=1S/C13H18ClNO/c1-2-7-16-12-5-6-13(14)10(8-12)9-15-11-3-4-11/h5-6,8,11,15H,2-4,7,9H2,1H3. The lowest BCUT2D eigenvalue weighted by atomic mass is 10.2. The van der Waals surface area contributed by atoms with Crippen LogP contribution in [0.25, 0.3) is 0 Å². The van der Waals surface area contributed by atoms with Crippen LogP contribution in [-0.4, -0.2) is 12.6 Å². The maximum Gasteiger partial charge on any atom is 0.119 e. The van der Waals surface area contributed by atoms with Gasteiger partial charge in [0, 0.05) is 17.6 Å². The van der Waals surface area contributed by atoms with Gasteiger partial charge in [0.2, 0.25) is 0 Å². The van der Waals surface area contributed by atoms with Gasteiger partial charge in [0.1, 0.15) is 5.75 Å². The highest BCUT2D eigenvalue weighted by atomic mass is 35.5. The zero-order valence-corrected chi connectivity index (χ0v) is 10.4. The Kier molecular flexibility index (Phi) is 4.08. The van der Waals surface area contributed by atoms with Crippen LogP contribution in [0.15, 0.2) is 18.2 Å². The van der Waals surface area contributed by atoms with Gasteiger partial charge in [0.15, 0.2) is 0 Å². The molecule has 1 aromatic rings. The number of hydrogen-bond acceptors (Lipinski definition) is 2. The van der Waals surface area contributed by atoms with Crippen LogP contribution in [0.3, 0.4) is 0 Å². The lowest BCUT2D eigenvalue weighted by Crippen LogP contribution is -2.15. The van der Waals surface area contributed by atoms with Crippen LogP contribution in [0.1, 0.15) is 31.7 Å². The minimum Gasteiger partial charge on any atom is -0.494 e. The van der Waals surface area contributed by atoms with Crippen molar-refractivity contribution in [2.75, 3.05) is 6.61 Å². The molecule has 1 N–H and O–H groups in total. The second kappa shape index (κ2) is 5.55. The largest absolute Gasteiger partial charge is 0.494 e. The second-order valence-electron chi connectivity index (χ2n) is 4.26. The fraction of sp³-hybridized carbons (Fsp3) is 0.538. The van der Waals surface area contributed by atoms with Crippen LogP contribution in [0.4, 0.5) is 0 Å². The highest BCUT2D eigenvalue weighted by Crippen LogP contribution is 2.24. The third kappa shape index (κ3) is 3.39. The molecule has 1 fully saturated rings. The van der Waals surface area contributed by atoms with Crippen molar-refractivity contribution in [2.24, 2.45) is 0 Å². The van der Waals surface area contributed by atoms with E-state index in [9.17, 15) is 0 Å². The van der Waals surface area contributed by atoms with Crippen molar-refractivity contribution in [3.05, 3.63) is 28.8 Å². The predicted octanol–water partition coefficient (Wildman–Crippen LogP) is 3.38. The van der Waals surface area contributed by atoms with Gasteiger partial charge in [-0.3, -0.25) is 0 Å². The quantitative estimate of drug-likeness (QED) is 0.822. The van der Waals surface area contributed by atoms with E-state index in [2.05, 4.69) is 12.2 Å². The van der Waals surface area contributed by atoms with Crippen LogP contribution in [0.2, 0.25) is 5.02 Å². The molecule has 1 aromatic carbocycles. The normalized spacial score (nSPS) is 15.1. The number of rotatable bonds is 6. The van der Waals surface area contributed by atoms with Gasteiger partial charge in [-0.1, -0.05) is 18.5 Å². The SMILES string of the molecule is CCCOc1ccc(Cl)c(CNC2CC2)c1. The number of halogens is 1. The lowest BCUT2D eigenvalue weighted by Gasteiger charge is -2.09. The molecular weight excluding hydrogens is 222 g/mol. The molecule has 16 heavy (non-hydrogen) atoms. The Labute approximate surface area is 102 Å². The summed E-state index contributed by atoms with van der Waals surface area (Å²) in [5.74, 6) is 0.916. The zero-order chi connectivity index (χ0) is 11.4. The molecule has 0 radical (unpaired) electrons. The molecule has 0 amide bonds. The van der Waals surface area contributed by atoms with E-state index in [0.29, 0.717) is 6.04 Å². The first-order valence-electron chi connectivity index (χ1n) is 5.94. The second-order valence-corrected chi connectivity index (χ2v) is 4.66. The molecule has 0 heterocycles. The molecule has 2 nitrogen and oxygen atoms in total. The fourth-order valence-electron chi connectivity index (χ4n) is 1.54. The summed E-state index contributed by atoms with van der Waals surface area (Å²) in [5.41, 5.74) is 1.13. The van der Waals surface area contributed by atoms with Gasteiger partial charge < -0.3 is 10.1 Å². The molecule has 1 aliphatic carbocycles. The average Bonchev–Trinajstić information content (AvgIpc) is 3.10. The minimum absolute atomic E-state index is 0.705. The number of ether oxygens (including phenoxy) is 1. The van der Waals surface area contributed by atoms with E-state index < -0.39 is 0 Å². The summed E-state index contributed by atoms with van der Waals surface area (Å²) < 4.78 is 5.59. The first-order chi connectivity index (χ1) is 7.79. The topological polar surface area (TPSA) is 21.3 Å². The number of nitrogens with one attached hydrogen (secondary N) is 1. The highest BCUT2D eigenvalue weighted by Gasteiger charge is 2.20. The molecule has 1 saturated carbocycles.